The summed E-state index contributed by atoms with van der Waals surface area (Å²) in [5, 5.41) is 2.44. The summed E-state index contributed by atoms with van der Waals surface area (Å²) in [7, 11) is 2.00. The monoisotopic (exact) mass is 364 g/mol. The molecule has 0 unspecified atom stereocenters. The van der Waals surface area contributed by atoms with Crippen LogP contribution in [0.4, 0.5) is 0 Å². The number of benzene rings is 2. The Hall–Kier alpha value is -1.13. The van der Waals surface area contributed by atoms with Crippen molar-refractivity contribution in [2.45, 2.75) is 0 Å². The lowest BCUT2D eigenvalue weighted by Crippen LogP contribution is -1.93. The molecule has 3 aromatic rings. The first-order valence-electron chi connectivity index (χ1n) is 5.54. The second kappa shape index (κ2) is 4.52. The molecule has 0 saturated heterocycles. The molecule has 2 aromatic carbocycles. The Balaban J connectivity index is 2.35. The second-order valence-corrected chi connectivity index (χ2v) is 5.61. The number of nitrogens with zero attached hydrogens (tertiary/aromatic N) is 2. The average Bonchev–Trinajstić information content (AvgIpc) is 2.66. The normalized spacial score (nSPS) is 11.1. The van der Waals surface area contributed by atoms with E-state index in [4.69, 9.17) is 0 Å². The van der Waals surface area contributed by atoms with Crippen LogP contribution in [0.3, 0.4) is 0 Å². The molecule has 0 spiro atoms. The van der Waals surface area contributed by atoms with Crippen molar-refractivity contribution in [3.05, 3.63) is 51.7 Å². The molecule has 0 saturated carbocycles. The van der Waals surface area contributed by atoms with Gasteiger partial charge in [-0.1, -0.05) is 42.5 Å². The Labute approximate surface area is 122 Å². The Bertz CT molecular complexity index is 726. The van der Waals surface area contributed by atoms with Gasteiger partial charge in [-0.05, 0) is 42.6 Å². The van der Waals surface area contributed by atoms with Crippen LogP contribution in [0, 0.1) is 0 Å². The van der Waals surface area contributed by atoms with Gasteiger partial charge in [0.2, 0.25) is 0 Å². The summed E-state index contributed by atoms with van der Waals surface area (Å²) in [4.78, 5) is 4.56. The lowest BCUT2D eigenvalue weighted by molar-refractivity contribution is 0.902. The van der Waals surface area contributed by atoms with Gasteiger partial charge in [-0.15, -0.1) is 0 Å². The van der Waals surface area contributed by atoms with Crippen molar-refractivity contribution >= 4 is 42.6 Å². The molecule has 0 fully saturated rings. The first-order chi connectivity index (χ1) is 8.68. The van der Waals surface area contributed by atoms with E-state index in [1.54, 1.807) is 0 Å². The lowest BCUT2D eigenvalue weighted by Gasteiger charge is -2.06. The third-order valence-electron chi connectivity index (χ3n) is 3.02. The predicted octanol–water partition coefficient (Wildman–Crippen LogP) is 4.77. The Morgan fingerprint density at radius 2 is 1.72 bits per heavy atom. The van der Waals surface area contributed by atoms with Gasteiger partial charge in [0.15, 0.2) is 0 Å². The molecule has 0 aliphatic heterocycles. The average molecular weight is 366 g/mol. The molecule has 1 aromatic heterocycles. The Kier molecular flexibility index (Phi) is 2.99. The predicted molar refractivity (Wildman–Crippen MR) is 81.6 cm³/mol. The first-order valence-corrected chi connectivity index (χ1v) is 7.13. The van der Waals surface area contributed by atoms with Crippen LogP contribution in [0.1, 0.15) is 0 Å². The molecule has 1 heterocycles. The molecule has 0 N–H and O–H groups in total. The zero-order valence-corrected chi connectivity index (χ0v) is 12.9. The van der Waals surface area contributed by atoms with Gasteiger partial charge >= 0.3 is 0 Å². The van der Waals surface area contributed by atoms with Crippen LogP contribution in [0.25, 0.3) is 22.2 Å². The molecule has 0 aliphatic rings. The summed E-state index contributed by atoms with van der Waals surface area (Å²) in [5.41, 5.74) is 1.14. The van der Waals surface area contributed by atoms with E-state index in [1.165, 1.54) is 10.8 Å². The summed E-state index contributed by atoms with van der Waals surface area (Å²) < 4.78 is 3.81. The molecule has 0 aliphatic carbocycles. The standard InChI is InChI=1S/C14H10Br2N2/c1-18-13(16)12(15)17-14(18)11-8-4-6-9-5-2-3-7-10(9)11/h2-8H,1H3. The third-order valence-corrected chi connectivity index (χ3v) is 5.01. The molecule has 0 radical (unpaired) electrons. The van der Waals surface area contributed by atoms with Crippen LogP contribution in [-0.4, -0.2) is 9.55 Å². The van der Waals surface area contributed by atoms with Crippen molar-refractivity contribution in [2.24, 2.45) is 7.05 Å². The number of hydrogen-bond acceptors (Lipinski definition) is 1. The van der Waals surface area contributed by atoms with Crippen LogP contribution >= 0.6 is 31.9 Å². The van der Waals surface area contributed by atoms with Gasteiger partial charge in [-0.2, -0.15) is 0 Å². The maximum atomic E-state index is 4.56. The van der Waals surface area contributed by atoms with Crippen LogP contribution in [0.2, 0.25) is 0 Å². The highest BCUT2D eigenvalue weighted by atomic mass is 79.9. The summed E-state index contributed by atoms with van der Waals surface area (Å²) >= 11 is 6.96. The number of fused-ring (bicyclic) bond motifs is 1. The molecule has 0 bridgehead atoms. The Morgan fingerprint density at radius 3 is 2.44 bits per heavy atom. The largest absolute Gasteiger partial charge is 0.321 e. The van der Waals surface area contributed by atoms with E-state index in [-0.39, 0.29) is 0 Å². The molecule has 0 amide bonds. The molecule has 0 atom stereocenters. The van der Waals surface area contributed by atoms with Crippen LogP contribution < -0.4 is 0 Å². The van der Waals surface area contributed by atoms with E-state index < -0.39 is 0 Å². The van der Waals surface area contributed by atoms with E-state index in [2.05, 4.69) is 79.3 Å². The molecular weight excluding hydrogens is 356 g/mol. The zero-order valence-electron chi connectivity index (χ0n) is 9.69. The molecule has 90 valence electrons. The number of imidazole rings is 1. The maximum Gasteiger partial charge on any atom is 0.142 e. The summed E-state index contributed by atoms with van der Waals surface area (Å²) in [6, 6.07) is 14.6. The molecular formula is C14H10Br2N2. The fourth-order valence-electron chi connectivity index (χ4n) is 2.11. The number of halogens is 2. The minimum atomic E-state index is 0.827. The fraction of sp³-hybridized carbons (Fsp3) is 0.0714. The van der Waals surface area contributed by atoms with E-state index in [0.717, 1.165) is 20.6 Å². The van der Waals surface area contributed by atoms with E-state index in [0.29, 0.717) is 0 Å². The summed E-state index contributed by atoms with van der Waals surface area (Å²) in [5.74, 6) is 0.950. The quantitative estimate of drug-likeness (QED) is 0.607. The fourth-order valence-corrected chi connectivity index (χ4v) is 2.80. The minimum absolute atomic E-state index is 0.827. The Morgan fingerprint density at radius 1 is 1.00 bits per heavy atom. The van der Waals surface area contributed by atoms with Gasteiger partial charge in [0.1, 0.15) is 15.0 Å². The first kappa shape index (κ1) is 11.9. The molecule has 3 rings (SSSR count). The lowest BCUT2D eigenvalue weighted by atomic mass is 10.0. The van der Waals surface area contributed by atoms with Gasteiger partial charge in [-0.25, -0.2) is 4.98 Å². The maximum absolute atomic E-state index is 4.56. The van der Waals surface area contributed by atoms with Crippen molar-refractivity contribution in [3.63, 3.8) is 0 Å². The van der Waals surface area contributed by atoms with Crippen molar-refractivity contribution in [1.82, 2.24) is 9.55 Å². The van der Waals surface area contributed by atoms with E-state index in [1.807, 2.05) is 11.6 Å². The molecule has 2 nitrogen and oxygen atoms in total. The topological polar surface area (TPSA) is 17.8 Å². The van der Waals surface area contributed by atoms with Crippen LogP contribution in [0.15, 0.2) is 51.7 Å². The van der Waals surface area contributed by atoms with Crippen molar-refractivity contribution in [2.75, 3.05) is 0 Å². The highest BCUT2D eigenvalue weighted by molar-refractivity contribution is 9.13. The molecule has 4 heteroatoms. The number of rotatable bonds is 1. The van der Waals surface area contributed by atoms with Crippen molar-refractivity contribution in [1.29, 1.82) is 0 Å². The highest BCUT2D eigenvalue weighted by Gasteiger charge is 2.13. The van der Waals surface area contributed by atoms with Crippen LogP contribution in [0.5, 0.6) is 0 Å². The third kappa shape index (κ3) is 1.80. The molecule has 18 heavy (non-hydrogen) atoms. The number of hydrogen-bond donors (Lipinski definition) is 0. The van der Waals surface area contributed by atoms with Gasteiger partial charge in [-0.3, -0.25) is 0 Å². The van der Waals surface area contributed by atoms with Gasteiger partial charge in [0.05, 0.1) is 0 Å². The summed E-state index contributed by atoms with van der Waals surface area (Å²) in [6.07, 6.45) is 0. The van der Waals surface area contributed by atoms with Crippen molar-refractivity contribution in [3.8, 4) is 11.4 Å². The van der Waals surface area contributed by atoms with Gasteiger partial charge < -0.3 is 4.57 Å². The second-order valence-electron chi connectivity index (χ2n) is 4.10. The highest BCUT2D eigenvalue weighted by Crippen LogP contribution is 2.32. The van der Waals surface area contributed by atoms with Crippen LogP contribution in [-0.2, 0) is 7.05 Å². The van der Waals surface area contributed by atoms with Gasteiger partial charge in [0.25, 0.3) is 0 Å². The minimum Gasteiger partial charge on any atom is -0.321 e. The SMILES string of the molecule is Cn1c(-c2cccc3ccccc23)nc(Br)c1Br. The number of aromatic nitrogens is 2. The van der Waals surface area contributed by atoms with Crippen molar-refractivity contribution < 1.29 is 0 Å². The summed E-state index contributed by atoms with van der Waals surface area (Å²) in [6.45, 7) is 0. The smallest absolute Gasteiger partial charge is 0.142 e. The zero-order chi connectivity index (χ0) is 12.7. The van der Waals surface area contributed by atoms with Gasteiger partial charge in [0, 0.05) is 12.6 Å². The van der Waals surface area contributed by atoms with E-state index >= 15 is 0 Å². The van der Waals surface area contributed by atoms with E-state index in [9.17, 15) is 0 Å².